The van der Waals surface area contributed by atoms with E-state index in [1.165, 1.54) is 21.6 Å². The number of allylic oxidation sites excluding steroid dienone is 2. The molecule has 0 bridgehead atoms. The first kappa shape index (κ1) is 20.9. The molecule has 0 unspecified atom stereocenters. The molecule has 4 rings (SSSR count). The lowest BCUT2D eigenvalue weighted by Crippen LogP contribution is -2.33. The van der Waals surface area contributed by atoms with Gasteiger partial charge in [0, 0.05) is 18.5 Å². The van der Waals surface area contributed by atoms with E-state index in [0.717, 1.165) is 31.2 Å². The average Bonchev–Trinajstić information content (AvgIpc) is 3.24. The molecule has 1 aromatic carbocycles. The Labute approximate surface area is 178 Å². The van der Waals surface area contributed by atoms with Crippen molar-refractivity contribution >= 4 is 17.9 Å². The van der Waals surface area contributed by atoms with E-state index in [1.807, 2.05) is 18.2 Å². The summed E-state index contributed by atoms with van der Waals surface area (Å²) in [6.07, 6.45) is 6.54. The number of nitrogens with zero attached hydrogens (tertiary/aromatic N) is 1. The maximum Gasteiger partial charge on any atom is 0.233 e. The van der Waals surface area contributed by atoms with E-state index in [1.54, 1.807) is 13.1 Å². The summed E-state index contributed by atoms with van der Waals surface area (Å²) in [5.41, 5.74) is 4.62. The van der Waals surface area contributed by atoms with Crippen molar-refractivity contribution < 1.29 is 19.4 Å². The third kappa shape index (κ3) is 3.60. The van der Waals surface area contributed by atoms with Gasteiger partial charge in [-0.05, 0) is 44.2 Å². The van der Waals surface area contributed by atoms with E-state index in [2.05, 4.69) is 19.9 Å². The number of rotatable bonds is 6. The summed E-state index contributed by atoms with van der Waals surface area (Å²) >= 11 is 0. The molecule has 1 aromatic rings. The second-order valence-corrected chi connectivity index (χ2v) is 8.89. The molecule has 5 heteroatoms. The Morgan fingerprint density at radius 1 is 1.20 bits per heavy atom. The van der Waals surface area contributed by atoms with Gasteiger partial charge >= 0.3 is 0 Å². The topological polar surface area (TPSA) is 66.8 Å². The molecule has 1 aliphatic carbocycles. The zero-order chi connectivity index (χ0) is 21.4. The van der Waals surface area contributed by atoms with Crippen molar-refractivity contribution in [2.75, 3.05) is 13.7 Å². The summed E-state index contributed by atoms with van der Waals surface area (Å²) in [6.45, 7) is 4.78. The Hall–Kier alpha value is -2.40. The van der Waals surface area contributed by atoms with Gasteiger partial charge in [-0.3, -0.25) is 14.5 Å². The number of para-hydroxylation sites is 1. The molecule has 2 aliphatic heterocycles. The largest absolute Gasteiger partial charge is 0.507 e. The molecule has 0 radical (unpaired) electrons. The average molecular weight is 410 g/mol. The SMILES string of the molecule is CCC/C(=C\c1ccccc1O)CC[C@H]1OC[C@H]2C1=C(C)C[C@H]1C(=O)N(C)C(=O)[C@H]12. The van der Waals surface area contributed by atoms with Crippen LogP contribution in [0.15, 0.2) is 41.0 Å². The van der Waals surface area contributed by atoms with Crippen LogP contribution in [0.25, 0.3) is 6.08 Å². The Morgan fingerprint density at radius 3 is 2.70 bits per heavy atom. The number of hydrogen-bond acceptors (Lipinski definition) is 4. The van der Waals surface area contributed by atoms with Crippen LogP contribution in [-0.4, -0.2) is 41.6 Å². The molecule has 3 aliphatic rings. The van der Waals surface area contributed by atoms with E-state index < -0.39 is 0 Å². The number of aromatic hydroxyl groups is 1. The second kappa shape index (κ2) is 8.38. The molecule has 4 atom stereocenters. The van der Waals surface area contributed by atoms with Crippen molar-refractivity contribution in [1.82, 2.24) is 4.90 Å². The summed E-state index contributed by atoms with van der Waals surface area (Å²) in [6, 6.07) is 7.41. The minimum absolute atomic E-state index is 0.00869. The van der Waals surface area contributed by atoms with Crippen molar-refractivity contribution in [3.05, 3.63) is 46.5 Å². The monoisotopic (exact) mass is 409 g/mol. The zero-order valence-corrected chi connectivity index (χ0v) is 18.1. The van der Waals surface area contributed by atoms with Gasteiger partial charge in [-0.1, -0.05) is 48.8 Å². The molecule has 1 N–H and O–H groups in total. The molecule has 5 nitrogen and oxygen atoms in total. The van der Waals surface area contributed by atoms with Crippen LogP contribution in [0.1, 0.15) is 51.5 Å². The van der Waals surface area contributed by atoms with Crippen molar-refractivity contribution in [3.63, 3.8) is 0 Å². The molecular weight excluding hydrogens is 378 g/mol. The van der Waals surface area contributed by atoms with Gasteiger partial charge in [0.15, 0.2) is 0 Å². The summed E-state index contributed by atoms with van der Waals surface area (Å²) in [5, 5.41) is 10.1. The number of ether oxygens (including phenoxy) is 1. The van der Waals surface area contributed by atoms with Crippen molar-refractivity contribution in [3.8, 4) is 5.75 Å². The summed E-state index contributed by atoms with van der Waals surface area (Å²) in [5.74, 6) is -0.216. The van der Waals surface area contributed by atoms with Gasteiger partial charge in [-0.25, -0.2) is 0 Å². The lowest BCUT2D eigenvalue weighted by molar-refractivity contribution is -0.138. The molecule has 2 amide bonds. The second-order valence-electron chi connectivity index (χ2n) is 8.89. The van der Waals surface area contributed by atoms with E-state index >= 15 is 0 Å². The predicted molar refractivity (Wildman–Crippen MR) is 116 cm³/mol. The minimum Gasteiger partial charge on any atom is -0.507 e. The normalized spacial score (nSPS) is 28.9. The number of fused-ring (bicyclic) bond motifs is 3. The molecule has 2 fully saturated rings. The molecule has 2 saturated heterocycles. The fraction of sp³-hybridized carbons (Fsp3) is 0.520. The van der Waals surface area contributed by atoms with Crippen LogP contribution < -0.4 is 0 Å². The molecule has 160 valence electrons. The summed E-state index contributed by atoms with van der Waals surface area (Å²) in [4.78, 5) is 26.5. The Bertz CT molecular complexity index is 915. The third-order valence-electron chi connectivity index (χ3n) is 6.97. The first-order chi connectivity index (χ1) is 14.4. The van der Waals surface area contributed by atoms with Gasteiger partial charge in [0.1, 0.15) is 5.75 Å². The van der Waals surface area contributed by atoms with Crippen LogP contribution in [0.2, 0.25) is 0 Å². The van der Waals surface area contributed by atoms with Gasteiger partial charge in [0.25, 0.3) is 0 Å². The van der Waals surface area contributed by atoms with Gasteiger partial charge < -0.3 is 9.84 Å². The maximum atomic E-state index is 12.7. The number of carbonyl (C=O) groups is 2. The lowest BCUT2D eigenvalue weighted by Gasteiger charge is -2.30. The van der Waals surface area contributed by atoms with Crippen LogP contribution in [0, 0.1) is 17.8 Å². The van der Waals surface area contributed by atoms with Crippen LogP contribution in [0.3, 0.4) is 0 Å². The smallest absolute Gasteiger partial charge is 0.233 e. The summed E-state index contributed by atoms with van der Waals surface area (Å²) < 4.78 is 6.18. The highest BCUT2D eigenvalue weighted by Crippen LogP contribution is 2.49. The van der Waals surface area contributed by atoms with Crippen LogP contribution in [-0.2, 0) is 14.3 Å². The van der Waals surface area contributed by atoms with E-state index in [4.69, 9.17) is 4.74 Å². The highest BCUT2D eigenvalue weighted by atomic mass is 16.5. The van der Waals surface area contributed by atoms with Gasteiger partial charge in [0.05, 0.1) is 24.5 Å². The van der Waals surface area contributed by atoms with Crippen LogP contribution in [0.4, 0.5) is 0 Å². The van der Waals surface area contributed by atoms with Crippen molar-refractivity contribution in [2.45, 2.75) is 52.1 Å². The van der Waals surface area contributed by atoms with Gasteiger partial charge in [0.2, 0.25) is 11.8 Å². The number of hydrogen-bond donors (Lipinski definition) is 1. The molecule has 2 heterocycles. The number of phenolic OH excluding ortho intramolecular Hbond substituents is 1. The first-order valence-electron chi connectivity index (χ1n) is 11.0. The third-order valence-corrected chi connectivity index (χ3v) is 6.97. The highest BCUT2D eigenvalue weighted by molar-refractivity contribution is 6.05. The van der Waals surface area contributed by atoms with Crippen molar-refractivity contribution in [1.29, 1.82) is 0 Å². The van der Waals surface area contributed by atoms with Crippen LogP contribution >= 0.6 is 0 Å². The Kier molecular flexibility index (Phi) is 5.83. The van der Waals surface area contributed by atoms with Crippen molar-refractivity contribution in [2.24, 2.45) is 17.8 Å². The number of likely N-dealkylation sites (tertiary alicyclic amines) is 1. The predicted octanol–water partition coefficient (Wildman–Crippen LogP) is 4.32. The maximum absolute atomic E-state index is 12.7. The number of benzene rings is 1. The summed E-state index contributed by atoms with van der Waals surface area (Å²) in [7, 11) is 1.60. The number of carbonyl (C=O) groups excluding carboxylic acids is 2. The van der Waals surface area contributed by atoms with E-state index in [0.29, 0.717) is 18.8 Å². The standard InChI is InChI=1S/C25H31NO4/c1-4-7-16(13-17-8-5-6-9-20(17)27)10-11-21-22-15(2)12-18-23(19(22)14-30-21)25(29)26(3)24(18)28/h5-6,8-9,13,18-19,21,23,27H,4,7,10-12,14H2,1-3H3/b16-13+/t18-,19+,21-,23-/m1/s1. The van der Waals surface area contributed by atoms with Gasteiger partial charge in [-0.15, -0.1) is 0 Å². The number of imide groups is 1. The fourth-order valence-electron chi connectivity index (χ4n) is 5.52. The van der Waals surface area contributed by atoms with Gasteiger partial charge in [-0.2, -0.15) is 0 Å². The molecule has 0 aromatic heterocycles. The lowest BCUT2D eigenvalue weighted by atomic mass is 9.70. The quantitative estimate of drug-likeness (QED) is 0.561. The molecule has 0 saturated carbocycles. The molecule has 30 heavy (non-hydrogen) atoms. The van der Waals surface area contributed by atoms with E-state index in [9.17, 15) is 14.7 Å². The minimum atomic E-state index is -0.252. The Balaban J connectivity index is 1.51. The zero-order valence-electron chi connectivity index (χ0n) is 18.1. The molecule has 0 spiro atoms. The van der Waals surface area contributed by atoms with E-state index in [-0.39, 0.29) is 35.7 Å². The Morgan fingerprint density at radius 2 is 1.97 bits per heavy atom. The fourth-order valence-corrected chi connectivity index (χ4v) is 5.52. The van der Waals surface area contributed by atoms with Crippen LogP contribution in [0.5, 0.6) is 5.75 Å². The number of phenols is 1. The highest BCUT2D eigenvalue weighted by Gasteiger charge is 2.55. The first-order valence-corrected chi connectivity index (χ1v) is 11.0. The molecular formula is C25H31NO4. The number of amides is 2.